The van der Waals surface area contributed by atoms with Crippen molar-refractivity contribution in [3.8, 4) is 5.75 Å². The predicted molar refractivity (Wildman–Crippen MR) is 116 cm³/mol. The number of nitrogens with zero attached hydrogens (tertiary/aromatic N) is 1. The minimum atomic E-state index is -0.113. The number of ether oxygens (including phenoxy) is 2. The van der Waals surface area contributed by atoms with Crippen LogP contribution < -0.4 is 15.4 Å². The van der Waals surface area contributed by atoms with Crippen LogP contribution in [0.15, 0.2) is 22.7 Å². The summed E-state index contributed by atoms with van der Waals surface area (Å²) >= 11 is 3.58. The molecule has 2 N–H and O–H groups in total. The molecular weight excluding hydrogens is 422 g/mol. The molecular formula is C21H34BrN3O3. The number of morpholine rings is 1. The Morgan fingerprint density at radius 3 is 2.50 bits per heavy atom. The lowest BCUT2D eigenvalue weighted by atomic mass is 9.87. The highest BCUT2D eigenvalue weighted by Crippen LogP contribution is 2.31. The van der Waals surface area contributed by atoms with Crippen molar-refractivity contribution in [1.29, 1.82) is 0 Å². The Bertz CT molecular complexity index is 613. The van der Waals surface area contributed by atoms with Gasteiger partial charge in [0, 0.05) is 26.2 Å². The molecule has 2 amide bonds. The van der Waals surface area contributed by atoms with Crippen LogP contribution in [0.4, 0.5) is 4.79 Å². The smallest absolute Gasteiger partial charge is 0.314 e. The van der Waals surface area contributed by atoms with Crippen molar-refractivity contribution >= 4 is 22.0 Å². The maximum Gasteiger partial charge on any atom is 0.314 e. The molecule has 1 aromatic rings. The van der Waals surface area contributed by atoms with Crippen molar-refractivity contribution in [2.24, 2.45) is 0 Å². The number of urea groups is 1. The lowest BCUT2D eigenvalue weighted by Gasteiger charge is -2.26. The van der Waals surface area contributed by atoms with Gasteiger partial charge in [-0.3, -0.25) is 4.90 Å². The Labute approximate surface area is 177 Å². The number of carbonyl (C=O) groups excluding carboxylic acids is 1. The van der Waals surface area contributed by atoms with Crippen LogP contribution in [0.1, 0.15) is 39.2 Å². The van der Waals surface area contributed by atoms with Gasteiger partial charge in [0.15, 0.2) is 0 Å². The molecule has 0 radical (unpaired) electrons. The van der Waals surface area contributed by atoms with Crippen LogP contribution in [0.5, 0.6) is 5.75 Å². The molecule has 0 bridgehead atoms. The number of amides is 2. The first kappa shape index (κ1) is 23.0. The average Bonchev–Trinajstić information content (AvgIpc) is 2.66. The van der Waals surface area contributed by atoms with E-state index < -0.39 is 0 Å². The van der Waals surface area contributed by atoms with E-state index in [9.17, 15) is 4.79 Å². The number of nitrogens with one attached hydrogen (secondary N) is 2. The van der Waals surface area contributed by atoms with Gasteiger partial charge in [0.25, 0.3) is 0 Å². The number of benzene rings is 1. The Morgan fingerprint density at radius 2 is 1.86 bits per heavy atom. The van der Waals surface area contributed by atoms with Crippen LogP contribution in [0.2, 0.25) is 0 Å². The molecule has 1 saturated heterocycles. The Kier molecular flexibility index (Phi) is 9.55. The number of carbonyl (C=O) groups is 1. The highest BCUT2D eigenvalue weighted by molar-refractivity contribution is 9.10. The number of hydrogen-bond acceptors (Lipinski definition) is 4. The second-order valence-corrected chi connectivity index (χ2v) is 8.94. The molecule has 1 aromatic carbocycles. The van der Waals surface area contributed by atoms with E-state index in [4.69, 9.17) is 9.47 Å². The number of hydrogen-bond donors (Lipinski definition) is 2. The second-order valence-electron chi connectivity index (χ2n) is 8.09. The van der Waals surface area contributed by atoms with Gasteiger partial charge >= 0.3 is 6.03 Å². The molecule has 7 heteroatoms. The first-order chi connectivity index (χ1) is 13.4. The quantitative estimate of drug-likeness (QED) is 0.558. The summed E-state index contributed by atoms with van der Waals surface area (Å²) in [6.07, 6.45) is 1.71. The maximum absolute atomic E-state index is 11.8. The third kappa shape index (κ3) is 8.37. The minimum absolute atomic E-state index is 0.112. The standard InChI is InChI=1S/C21H34BrN3O3/c1-21(2,3)17-6-7-19(18(22)16-17)28-13-5-9-24-20(26)23-8-4-10-25-11-14-27-15-12-25/h6-7,16H,4-5,8-15H2,1-3H3,(H2,23,24,26). The summed E-state index contributed by atoms with van der Waals surface area (Å²) in [5.74, 6) is 0.834. The summed E-state index contributed by atoms with van der Waals surface area (Å²) in [6.45, 7) is 13.0. The van der Waals surface area contributed by atoms with Gasteiger partial charge in [0.05, 0.1) is 24.3 Å². The van der Waals surface area contributed by atoms with E-state index in [0.29, 0.717) is 19.7 Å². The summed E-state index contributed by atoms with van der Waals surface area (Å²) in [7, 11) is 0. The fourth-order valence-corrected chi connectivity index (χ4v) is 3.43. The van der Waals surface area contributed by atoms with E-state index >= 15 is 0 Å². The second kappa shape index (κ2) is 11.6. The molecule has 0 spiro atoms. The molecule has 28 heavy (non-hydrogen) atoms. The van der Waals surface area contributed by atoms with E-state index in [-0.39, 0.29) is 11.4 Å². The van der Waals surface area contributed by atoms with Crippen LogP contribution in [0.25, 0.3) is 0 Å². The zero-order valence-electron chi connectivity index (χ0n) is 17.4. The van der Waals surface area contributed by atoms with Gasteiger partial charge in [-0.1, -0.05) is 26.8 Å². The SMILES string of the molecule is CC(C)(C)c1ccc(OCCCNC(=O)NCCCN2CCOCC2)c(Br)c1. The Hall–Kier alpha value is -1.31. The van der Waals surface area contributed by atoms with Crippen molar-refractivity contribution in [1.82, 2.24) is 15.5 Å². The molecule has 1 fully saturated rings. The fraction of sp³-hybridized carbons (Fsp3) is 0.667. The lowest BCUT2D eigenvalue weighted by Crippen LogP contribution is -2.40. The molecule has 2 rings (SSSR count). The zero-order chi connectivity index (χ0) is 20.4. The van der Waals surface area contributed by atoms with Gasteiger partial charge in [0.2, 0.25) is 0 Å². The summed E-state index contributed by atoms with van der Waals surface area (Å²) in [5, 5.41) is 5.78. The van der Waals surface area contributed by atoms with Crippen LogP contribution >= 0.6 is 15.9 Å². The third-order valence-corrected chi connectivity index (χ3v) is 5.32. The minimum Gasteiger partial charge on any atom is -0.492 e. The molecule has 0 atom stereocenters. The van der Waals surface area contributed by atoms with Gasteiger partial charge in [-0.25, -0.2) is 4.79 Å². The number of halogens is 1. The van der Waals surface area contributed by atoms with Gasteiger partial charge in [-0.15, -0.1) is 0 Å². The molecule has 6 nitrogen and oxygen atoms in total. The Morgan fingerprint density at radius 1 is 1.18 bits per heavy atom. The van der Waals surface area contributed by atoms with Gasteiger partial charge in [-0.05, 0) is 58.4 Å². The Balaban J connectivity index is 1.53. The molecule has 0 aromatic heterocycles. The van der Waals surface area contributed by atoms with E-state index in [2.05, 4.69) is 64.4 Å². The van der Waals surface area contributed by atoms with Crippen molar-refractivity contribution < 1.29 is 14.3 Å². The van der Waals surface area contributed by atoms with Crippen LogP contribution in [0.3, 0.4) is 0 Å². The van der Waals surface area contributed by atoms with Crippen molar-refractivity contribution in [3.63, 3.8) is 0 Å². The summed E-state index contributed by atoms with van der Waals surface area (Å²) in [5.41, 5.74) is 1.37. The van der Waals surface area contributed by atoms with Gasteiger partial charge in [-0.2, -0.15) is 0 Å². The predicted octanol–water partition coefficient (Wildman–Crippen LogP) is 3.54. The monoisotopic (exact) mass is 455 g/mol. The summed E-state index contributed by atoms with van der Waals surface area (Å²) in [6, 6.07) is 6.10. The first-order valence-corrected chi connectivity index (χ1v) is 10.9. The molecule has 1 aliphatic heterocycles. The van der Waals surface area contributed by atoms with Crippen LogP contribution in [0, 0.1) is 0 Å². The van der Waals surface area contributed by atoms with Crippen LogP contribution in [-0.2, 0) is 10.2 Å². The molecule has 1 aliphatic rings. The fourth-order valence-electron chi connectivity index (χ4n) is 2.93. The molecule has 0 aliphatic carbocycles. The molecule has 0 unspecified atom stereocenters. The highest BCUT2D eigenvalue weighted by Gasteiger charge is 2.15. The van der Waals surface area contributed by atoms with E-state index in [1.54, 1.807) is 0 Å². The molecule has 1 heterocycles. The average molecular weight is 456 g/mol. The van der Waals surface area contributed by atoms with Gasteiger partial charge < -0.3 is 20.1 Å². The van der Waals surface area contributed by atoms with Crippen molar-refractivity contribution in [2.75, 3.05) is 52.5 Å². The molecule has 158 valence electrons. The van der Waals surface area contributed by atoms with Crippen molar-refractivity contribution in [2.45, 2.75) is 39.0 Å². The molecule has 0 saturated carbocycles. The van der Waals surface area contributed by atoms with Crippen LogP contribution in [-0.4, -0.2) is 63.5 Å². The topological polar surface area (TPSA) is 62.8 Å². The zero-order valence-corrected chi connectivity index (χ0v) is 18.9. The highest BCUT2D eigenvalue weighted by atomic mass is 79.9. The van der Waals surface area contributed by atoms with Gasteiger partial charge in [0.1, 0.15) is 5.75 Å². The lowest BCUT2D eigenvalue weighted by molar-refractivity contribution is 0.0375. The van der Waals surface area contributed by atoms with E-state index in [0.717, 1.165) is 55.9 Å². The first-order valence-electron chi connectivity index (χ1n) is 10.1. The largest absolute Gasteiger partial charge is 0.492 e. The number of rotatable bonds is 9. The van der Waals surface area contributed by atoms with E-state index in [1.165, 1.54) is 5.56 Å². The maximum atomic E-state index is 11.8. The normalized spacial score (nSPS) is 15.3. The summed E-state index contributed by atoms with van der Waals surface area (Å²) in [4.78, 5) is 14.2. The summed E-state index contributed by atoms with van der Waals surface area (Å²) < 4.78 is 12.1. The van der Waals surface area contributed by atoms with E-state index in [1.807, 2.05) is 6.07 Å². The third-order valence-electron chi connectivity index (χ3n) is 4.70. The van der Waals surface area contributed by atoms with Crippen molar-refractivity contribution in [3.05, 3.63) is 28.2 Å².